The molecule has 1 saturated heterocycles. The smallest absolute Gasteiger partial charge is 0.243 e. The molecule has 2 heterocycles. The van der Waals surface area contributed by atoms with Crippen LogP contribution in [0.1, 0.15) is 18.4 Å². The van der Waals surface area contributed by atoms with Gasteiger partial charge in [-0.1, -0.05) is 48.0 Å². The van der Waals surface area contributed by atoms with Crippen molar-refractivity contribution in [3.8, 4) is 11.3 Å². The number of aromatic nitrogens is 1. The predicted molar refractivity (Wildman–Crippen MR) is 119 cm³/mol. The van der Waals surface area contributed by atoms with E-state index in [-0.39, 0.29) is 17.3 Å². The number of amides is 1. The fourth-order valence-corrected chi connectivity index (χ4v) is 5.76. The molecule has 6 nitrogen and oxygen atoms in total. The molecule has 1 aromatic heterocycles. The number of aryl methyl sites for hydroxylation is 1. The van der Waals surface area contributed by atoms with Gasteiger partial charge in [-0.05, 0) is 31.9 Å². The van der Waals surface area contributed by atoms with Gasteiger partial charge < -0.3 is 5.32 Å². The first-order chi connectivity index (χ1) is 14.4. The summed E-state index contributed by atoms with van der Waals surface area (Å²) in [7, 11) is -3.61. The Labute approximate surface area is 180 Å². The maximum atomic E-state index is 13.0. The Morgan fingerprint density at radius 2 is 1.87 bits per heavy atom. The molecule has 1 N–H and O–H groups in total. The van der Waals surface area contributed by atoms with E-state index in [1.165, 1.54) is 15.6 Å². The number of thiazole rings is 1. The Morgan fingerprint density at radius 3 is 2.60 bits per heavy atom. The van der Waals surface area contributed by atoms with Crippen LogP contribution in [0.2, 0.25) is 0 Å². The molecule has 1 unspecified atom stereocenters. The summed E-state index contributed by atoms with van der Waals surface area (Å²) < 4.78 is 27.4. The molecule has 1 atom stereocenters. The highest BCUT2D eigenvalue weighted by molar-refractivity contribution is 7.89. The summed E-state index contributed by atoms with van der Waals surface area (Å²) in [4.78, 5) is 17.6. The Bertz CT molecular complexity index is 1130. The average molecular weight is 442 g/mol. The number of nitrogens with zero attached hydrogens (tertiary/aromatic N) is 2. The van der Waals surface area contributed by atoms with E-state index >= 15 is 0 Å². The minimum absolute atomic E-state index is 0.180. The molecule has 1 aliphatic heterocycles. The zero-order valence-corrected chi connectivity index (χ0v) is 18.2. The van der Waals surface area contributed by atoms with E-state index in [1.807, 2.05) is 42.6 Å². The third-order valence-corrected chi connectivity index (χ3v) is 7.85. The number of sulfonamides is 1. The van der Waals surface area contributed by atoms with Crippen LogP contribution in [0.15, 0.2) is 64.9 Å². The molecule has 0 spiro atoms. The molecule has 0 aliphatic carbocycles. The summed E-state index contributed by atoms with van der Waals surface area (Å²) >= 11 is 1.37. The standard InChI is InChI=1S/C22H23N3O3S2/c1-16-9-11-19(12-10-16)30(27,28)25-13-5-8-18(14-25)21(26)24-22-23-20(15-29-22)17-6-3-2-4-7-17/h2-4,6-7,9-12,15,18H,5,8,13-14H2,1H3,(H,23,24,26). The minimum atomic E-state index is -3.61. The third-order valence-electron chi connectivity index (χ3n) is 5.22. The fourth-order valence-electron chi connectivity index (χ4n) is 3.51. The highest BCUT2D eigenvalue weighted by atomic mass is 32.2. The first kappa shape index (κ1) is 20.7. The van der Waals surface area contributed by atoms with Crippen LogP contribution in [-0.2, 0) is 14.8 Å². The number of rotatable bonds is 5. The molecular weight excluding hydrogens is 418 g/mol. The number of benzene rings is 2. The van der Waals surface area contributed by atoms with Gasteiger partial charge in [0.2, 0.25) is 15.9 Å². The van der Waals surface area contributed by atoms with E-state index in [9.17, 15) is 13.2 Å². The van der Waals surface area contributed by atoms with Crippen LogP contribution in [0.3, 0.4) is 0 Å². The van der Waals surface area contributed by atoms with E-state index in [1.54, 1.807) is 24.3 Å². The van der Waals surface area contributed by atoms with Gasteiger partial charge in [0.1, 0.15) is 0 Å². The molecule has 30 heavy (non-hydrogen) atoms. The van der Waals surface area contributed by atoms with Crippen molar-refractivity contribution in [1.29, 1.82) is 0 Å². The first-order valence-corrected chi connectivity index (χ1v) is 12.1. The molecule has 0 bridgehead atoms. The predicted octanol–water partition coefficient (Wildman–Crippen LogP) is 4.16. The van der Waals surface area contributed by atoms with Gasteiger partial charge in [-0.15, -0.1) is 11.3 Å². The zero-order chi connectivity index (χ0) is 21.1. The highest BCUT2D eigenvalue weighted by Crippen LogP contribution is 2.27. The maximum absolute atomic E-state index is 13.0. The summed E-state index contributed by atoms with van der Waals surface area (Å²) in [6.07, 6.45) is 1.30. The SMILES string of the molecule is Cc1ccc(S(=O)(=O)N2CCCC(C(=O)Nc3nc(-c4ccccc4)cs3)C2)cc1. The molecule has 0 saturated carbocycles. The number of carbonyl (C=O) groups is 1. The Morgan fingerprint density at radius 1 is 1.13 bits per heavy atom. The molecule has 8 heteroatoms. The molecule has 0 radical (unpaired) electrons. The Kier molecular flexibility index (Phi) is 5.99. The lowest BCUT2D eigenvalue weighted by atomic mass is 9.99. The molecule has 1 fully saturated rings. The van der Waals surface area contributed by atoms with E-state index in [4.69, 9.17) is 0 Å². The summed E-state index contributed by atoms with van der Waals surface area (Å²) in [5.74, 6) is -0.587. The zero-order valence-electron chi connectivity index (χ0n) is 16.6. The lowest BCUT2D eigenvalue weighted by molar-refractivity contribution is -0.120. The van der Waals surface area contributed by atoms with Crippen LogP contribution in [0.4, 0.5) is 5.13 Å². The van der Waals surface area contributed by atoms with Gasteiger partial charge >= 0.3 is 0 Å². The average Bonchev–Trinajstić information content (AvgIpc) is 3.23. The monoisotopic (exact) mass is 441 g/mol. The number of hydrogen-bond donors (Lipinski definition) is 1. The van der Waals surface area contributed by atoms with Gasteiger partial charge in [0, 0.05) is 24.0 Å². The van der Waals surface area contributed by atoms with Crippen LogP contribution < -0.4 is 5.32 Å². The van der Waals surface area contributed by atoms with Crippen molar-refractivity contribution >= 4 is 32.4 Å². The van der Waals surface area contributed by atoms with Crippen molar-refractivity contribution < 1.29 is 13.2 Å². The van der Waals surface area contributed by atoms with Gasteiger partial charge in [0.05, 0.1) is 16.5 Å². The Hall–Kier alpha value is -2.55. The fraction of sp³-hybridized carbons (Fsp3) is 0.273. The van der Waals surface area contributed by atoms with E-state index in [2.05, 4.69) is 10.3 Å². The van der Waals surface area contributed by atoms with Crippen molar-refractivity contribution in [3.63, 3.8) is 0 Å². The van der Waals surface area contributed by atoms with Crippen molar-refractivity contribution in [3.05, 3.63) is 65.5 Å². The number of anilines is 1. The number of carbonyl (C=O) groups excluding carboxylic acids is 1. The number of hydrogen-bond acceptors (Lipinski definition) is 5. The summed E-state index contributed by atoms with van der Waals surface area (Å²) in [5.41, 5.74) is 2.80. The number of nitrogens with one attached hydrogen (secondary N) is 1. The highest BCUT2D eigenvalue weighted by Gasteiger charge is 2.33. The second kappa shape index (κ2) is 8.67. The van der Waals surface area contributed by atoms with Crippen molar-refractivity contribution in [2.75, 3.05) is 18.4 Å². The largest absolute Gasteiger partial charge is 0.302 e. The second-order valence-corrected chi connectivity index (χ2v) is 10.2. The van der Waals surface area contributed by atoms with Crippen LogP contribution in [0.25, 0.3) is 11.3 Å². The van der Waals surface area contributed by atoms with E-state index in [0.717, 1.165) is 16.8 Å². The van der Waals surface area contributed by atoms with Gasteiger partial charge in [-0.2, -0.15) is 4.31 Å². The lowest BCUT2D eigenvalue weighted by Crippen LogP contribution is -2.43. The molecule has 156 valence electrons. The molecule has 3 aromatic rings. The molecule has 4 rings (SSSR count). The van der Waals surface area contributed by atoms with Crippen molar-refractivity contribution in [2.24, 2.45) is 5.92 Å². The molecule has 1 amide bonds. The van der Waals surface area contributed by atoms with Crippen molar-refractivity contribution in [1.82, 2.24) is 9.29 Å². The minimum Gasteiger partial charge on any atom is -0.302 e. The molecule has 1 aliphatic rings. The second-order valence-electron chi connectivity index (χ2n) is 7.41. The lowest BCUT2D eigenvalue weighted by Gasteiger charge is -2.31. The molecular formula is C22H23N3O3S2. The third kappa shape index (κ3) is 4.45. The van der Waals surface area contributed by atoms with Crippen molar-refractivity contribution in [2.45, 2.75) is 24.7 Å². The van der Waals surface area contributed by atoms with E-state index in [0.29, 0.717) is 24.5 Å². The normalized spacial score (nSPS) is 17.6. The first-order valence-electron chi connectivity index (χ1n) is 9.82. The van der Waals surface area contributed by atoms with Gasteiger partial charge in [-0.25, -0.2) is 13.4 Å². The van der Waals surface area contributed by atoms with Crippen LogP contribution in [-0.4, -0.2) is 36.7 Å². The van der Waals surface area contributed by atoms with Gasteiger partial charge in [0.25, 0.3) is 0 Å². The summed E-state index contributed by atoms with van der Waals surface area (Å²) in [6.45, 7) is 2.52. The van der Waals surface area contributed by atoms with Crippen LogP contribution in [0, 0.1) is 12.8 Å². The van der Waals surface area contributed by atoms with Crippen LogP contribution >= 0.6 is 11.3 Å². The summed E-state index contributed by atoms with van der Waals surface area (Å²) in [5, 5.41) is 5.30. The van der Waals surface area contributed by atoms with E-state index < -0.39 is 15.9 Å². The van der Waals surface area contributed by atoms with Gasteiger partial charge in [0.15, 0.2) is 5.13 Å². The quantitative estimate of drug-likeness (QED) is 0.645. The van der Waals surface area contributed by atoms with Gasteiger partial charge in [-0.3, -0.25) is 4.79 Å². The Balaban J connectivity index is 1.44. The maximum Gasteiger partial charge on any atom is 0.243 e. The molecule has 2 aromatic carbocycles. The topological polar surface area (TPSA) is 79.4 Å². The number of piperidine rings is 1. The van der Waals surface area contributed by atoms with Crippen LogP contribution in [0.5, 0.6) is 0 Å². The summed E-state index contributed by atoms with van der Waals surface area (Å²) in [6, 6.07) is 16.6.